The number of nitrogens with one attached hydrogen (secondary N) is 1. The van der Waals surface area contributed by atoms with Crippen molar-refractivity contribution in [3.05, 3.63) is 71.8 Å². The number of aromatic nitrogens is 2. The fourth-order valence-corrected chi connectivity index (χ4v) is 2.48. The van der Waals surface area contributed by atoms with E-state index in [1.807, 2.05) is 12.1 Å². The fourth-order valence-electron chi connectivity index (χ4n) is 2.48. The van der Waals surface area contributed by atoms with Crippen LogP contribution in [0.2, 0.25) is 0 Å². The molecular weight excluding hydrogens is 278 g/mol. The monoisotopic (exact) mass is 295 g/mol. The van der Waals surface area contributed by atoms with E-state index in [0.717, 1.165) is 13.0 Å². The first-order valence-corrected chi connectivity index (χ1v) is 7.25. The predicted molar refractivity (Wildman–Crippen MR) is 84.3 cm³/mol. The van der Waals surface area contributed by atoms with Gasteiger partial charge in [0.15, 0.2) is 12.4 Å². The van der Waals surface area contributed by atoms with E-state index < -0.39 is 0 Å². The van der Waals surface area contributed by atoms with E-state index in [1.165, 1.54) is 23.3 Å². The molecule has 112 valence electrons. The second-order valence-corrected chi connectivity index (χ2v) is 5.13. The molecule has 1 aromatic carbocycles. The van der Waals surface area contributed by atoms with Gasteiger partial charge in [0.05, 0.1) is 0 Å². The summed E-state index contributed by atoms with van der Waals surface area (Å²) in [5.74, 6) is -0.220. The highest BCUT2D eigenvalue weighted by Crippen LogP contribution is 2.15. The van der Waals surface area contributed by atoms with E-state index in [0.29, 0.717) is 16.8 Å². The molecule has 0 bridgehead atoms. The summed E-state index contributed by atoms with van der Waals surface area (Å²) in [6.07, 6.45) is 5.52. The third-order valence-corrected chi connectivity index (χ3v) is 3.58. The number of carbonyl (C=O) groups is 1. The number of fused-ring (bicyclic) bond motifs is 1. The van der Waals surface area contributed by atoms with Gasteiger partial charge >= 0.3 is 0 Å². The molecule has 0 atom stereocenters. The van der Waals surface area contributed by atoms with E-state index in [1.54, 1.807) is 12.1 Å². The largest absolute Gasteiger partial charge is 0.619 e. The molecule has 5 nitrogen and oxygen atoms in total. The van der Waals surface area contributed by atoms with Gasteiger partial charge in [-0.15, -0.1) is 0 Å². The lowest BCUT2D eigenvalue weighted by atomic mass is 10.2. The Morgan fingerprint density at radius 1 is 1.18 bits per heavy atom. The average Bonchev–Trinajstić information content (AvgIpc) is 2.95. The third kappa shape index (κ3) is 3.09. The molecule has 0 saturated carbocycles. The van der Waals surface area contributed by atoms with Crippen molar-refractivity contribution in [2.24, 2.45) is 0 Å². The molecule has 0 fully saturated rings. The summed E-state index contributed by atoms with van der Waals surface area (Å²) in [6.45, 7) is 1.41. The molecule has 0 radical (unpaired) electrons. The van der Waals surface area contributed by atoms with Crippen LogP contribution in [-0.2, 0) is 6.54 Å². The first-order chi connectivity index (χ1) is 10.7. The Bertz CT molecular complexity index is 795. The number of amides is 1. The van der Waals surface area contributed by atoms with E-state index in [-0.39, 0.29) is 5.91 Å². The van der Waals surface area contributed by atoms with Crippen LogP contribution in [0.15, 0.2) is 61.1 Å². The molecule has 2 aromatic heterocycles. The molecule has 2 heterocycles. The van der Waals surface area contributed by atoms with Crippen LogP contribution in [0, 0.1) is 5.21 Å². The second kappa shape index (κ2) is 6.30. The Hall–Kier alpha value is -2.82. The number of hydrogen-bond acceptors (Lipinski definition) is 2. The highest BCUT2D eigenvalue weighted by atomic mass is 16.5. The Morgan fingerprint density at radius 2 is 2.05 bits per heavy atom. The van der Waals surface area contributed by atoms with Crippen LogP contribution in [0.1, 0.15) is 16.8 Å². The van der Waals surface area contributed by atoms with Crippen LogP contribution >= 0.6 is 0 Å². The van der Waals surface area contributed by atoms with Gasteiger partial charge in [0.2, 0.25) is 0 Å². The van der Waals surface area contributed by atoms with E-state index in [4.69, 9.17) is 0 Å². The molecule has 0 aliphatic rings. The molecule has 0 spiro atoms. The highest BCUT2D eigenvalue weighted by Gasteiger charge is 2.07. The predicted octanol–water partition coefficient (Wildman–Crippen LogP) is 2.09. The lowest BCUT2D eigenvalue weighted by molar-refractivity contribution is -0.605. The van der Waals surface area contributed by atoms with Gasteiger partial charge in [-0.1, -0.05) is 18.2 Å². The molecule has 3 rings (SSSR count). The minimum absolute atomic E-state index is 0.220. The zero-order valence-electron chi connectivity index (χ0n) is 12.1. The number of pyridine rings is 1. The summed E-state index contributed by atoms with van der Waals surface area (Å²) < 4.78 is 2.80. The van der Waals surface area contributed by atoms with Gasteiger partial charge in [-0.05, 0) is 30.0 Å². The summed E-state index contributed by atoms with van der Waals surface area (Å²) >= 11 is 0. The summed E-state index contributed by atoms with van der Waals surface area (Å²) in [5.41, 5.74) is 1.58. The van der Waals surface area contributed by atoms with Crippen LogP contribution in [0.4, 0.5) is 0 Å². The molecule has 0 aliphatic carbocycles. The smallest absolute Gasteiger partial charge is 0.257 e. The number of para-hydroxylation sites is 1. The normalized spacial score (nSPS) is 10.7. The number of aryl methyl sites for hydroxylation is 1. The van der Waals surface area contributed by atoms with Gasteiger partial charge in [-0.2, -0.15) is 4.73 Å². The minimum atomic E-state index is -0.220. The Balaban J connectivity index is 1.52. The number of hydrogen-bond donors (Lipinski definition) is 1. The van der Waals surface area contributed by atoms with Gasteiger partial charge in [0.1, 0.15) is 5.56 Å². The first-order valence-electron chi connectivity index (χ1n) is 7.25. The van der Waals surface area contributed by atoms with Gasteiger partial charge in [0, 0.05) is 30.9 Å². The quantitative estimate of drug-likeness (QED) is 0.445. The van der Waals surface area contributed by atoms with Crippen molar-refractivity contribution in [2.75, 3.05) is 6.54 Å². The van der Waals surface area contributed by atoms with Crippen molar-refractivity contribution < 1.29 is 9.52 Å². The maximum Gasteiger partial charge on any atom is 0.257 e. The highest BCUT2D eigenvalue weighted by molar-refractivity contribution is 5.93. The van der Waals surface area contributed by atoms with E-state index >= 15 is 0 Å². The van der Waals surface area contributed by atoms with Crippen molar-refractivity contribution in [3.8, 4) is 0 Å². The minimum Gasteiger partial charge on any atom is -0.619 e. The standard InChI is InChI=1S/C17H17N3O2/c21-17(15-6-3-11-20(22)13-15)18-9-4-10-19-12-8-14-5-1-2-7-16(14)19/h1-3,5-8,11-13H,4,9-10H2,(H,18,21). The topological polar surface area (TPSA) is 61.0 Å². The summed E-state index contributed by atoms with van der Waals surface area (Å²) in [4.78, 5) is 11.9. The van der Waals surface area contributed by atoms with Crippen molar-refractivity contribution >= 4 is 16.8 Å². The van der Waals surface area contributed by atoms with Crippen LogP contribution in [0.5, 0.6) is 0 Å². The van der Waals surface area contributed by atoms with Crippen molar-refractivity contribution in [2.45, 2.75) is 13.0 Å². The summed E-state index contributed by atoms with van der Waals surface area (Å²) in [5, 5.41) is 15.2. The van der Waals surface area contributed by atoms with Gasteiger partial charge < -0.3 is 15.1 Å². The summed E-state index contributed by atoms with van der Waals surface area (Å²) in [6, 6.07) is 13.5. The van der Waals surface area contributed by atoms with E-state index in [9.17, 15) is 10.0 Å². The molecular formula is C17H17N3O2. The Labute approximate surface area is 128 Å². The Kier molecular flexibility index (Phi) is 4.05. The van der Waals surface area contributed by atoms with Gasteiger partial charge in [0.25, 0.3) is 5.91 Å². The lowest BCUT2D eigenvalue weighted by Gasteiger charge is -2.07. The number of carbonyl (C=O) groups excluding carboxylic acids is 1. The van der Waals surface area contributed by atoms with Crippen molar-refractivity contribution in [3.63, 3.8) is 0 Å². The average molecular weight is 295 g/mol. The van der Waals surface area contributed by atoms with Crippen molar-refractivity contribution in [1.82, 2.24) is 9.88 Å². The van der Waals surface area contributed by atoms with E-state index in [2.05, 4.69) is 34.3 Å². The molecule has 0 unspecified atom stereocenters. The number of rotatable bonds is 5. The third-order valence-electron chi connectivity index (χ3n) is 3.58. The fraction of sp³-hybridized carbons (Fsp3) is 0.176. The van der Waals surface area contributed by atoms with Gasteiger partial charge in [-0.3, -0.25) is 4.79 Å². The zero-order chi connectivity index (χ0) is 15.4. The Morgan fingerprint density at radius 3 is 2.91 bits per heavy atom. The maximum atomic E-state index is 11.9. The molecule has 5 heteroatoms. The first kappa shape index (κ1) is 14.1. The van der Waals surface area contributed by atoms with Crippen LogP contribution in [-0.4, -0.2) is 17.0 Å². The van der Waals surface area contributed by atoms with Gasteiger partial charge in [-0.25, -0.2) is 0 Å². The van der Waals surface area contributed by atoms with Crippen molar-refractivity contribution in [1.29, 1.82) is 0 Å². The SMILES string of the molecule is O=C(NCCCn1ccc2ccccc21)c1ccc[n+]([O-])c1. The number of benzene rings is 1. The maximum absolute atomic E-state index is 11.9. The lowest BCUT2D eigenvalue weighted by Crippen LogP contribution is -2.30. The van der Waals surface area contributed by atoms with Crippen LogP contribution in [0.25, 0.3) is 10.9 Å². The van der Waals surface area contributed by atoms with Crippen LogP contribution in [0.3, 0.4) is 0 Å². The molecule has 22 heavy (non-hydrogen) atoms. The zero-order valence-corrected chi connectivity index (χ0v) is 12.1. The molecule has 3 aromatic rings. The molecule has 1 N–H and O–H groups in total. The van der Waals surface area contributed by atoms with Crippen LogP contribution < -0.4 is 10.0 Å². The molecule has 0 saturated heterocycles. The number of nitrogens with zero attached hydrogens (tertiary/aromatic N) is 2. The second-order valence-electron chi connectivity index (χ2n) is 5.13. The molecule has 0 aliphatic heterocycles. The molecule has 1 amide bonds. The summed E-state index contributed by atoms with van der Waals surface area (Å²) in [7, 11) is 0.